The van der Waals surface area contributed by atoms with Gasteiger partial charge in [-0.25, -0.2) is 0 Å². The summed E-state index contributed by atoms with van der Waals surface area (Å²) in [6.07, 6.45) is 78.3. The minimum absolute atomic E-state index is 0.00252. The van der Waals surface area contributed by atoms with Gasteiger partial charge in [0, 0.05) is 6.42 Å². The zero-order chi connectivity index (χ0) is 53.5. The first-order chi connectivity index (χ1) is 35.5. The van der Waals surface area contributed by atoms with Crippen molar-refractivity contribution >= 4 is 13.7 Å². The van der Waals surface area contributed by atoms with Crippen LogP contribution in [0.5, 0.6) is 0 Å². The number of likely N-dealkylation sites (N-methyl/N-ethyl adjacent to an activating group) is 1. The quantitative estimate of drug-likeness (QED) is 0.0272. The van der Waals surface area contributed by atoms with Crippen molar-refractivity contribution < 1.29 is 32.9 Å². The monoisotopic (exact) mass is 1040 g/mol. The van der Waals surface area contributed by atoms with Crippen molar-refractivity contribution in [1.82, 2.24) is 5.32 Å². The van der Waals surface area contributed by atoms with Gasteiger partial charge in [0.05, 0.1) is 39.9 Å². The Kier molecular flexibility index (Phi) is 51.9. The third-order valence-electron chi connectivity index (χ3n) is 12.8. The summed E-state index contributed by atoms with van der Waals surface area (Å²) in [4.78, 5) is 25.5. The molecule has 3 atom stereocenters. The third kappa shape index (κ3) is 56.7. The first kappa shape index (κ1) is 70.2. The van der Waals surface area contributed by atoms with Crippen molar-refractivity contribution in [2.75, 3.05) is 40.9 Å². The summed E-state index contributed by atoms with van der Waals surface area (Å²) in [5, 5.41) is 14.0. The number of aliphatic hydroxyl groups excluding tert-OH is 1. The fraction of sp³-hybridized carbons (Fsp3) is 0.703. The topological polar surface area (TPSA) is 108 Å². The Morgan fingerprint density at radius 2 is 0.836 bits per heavy atom. The van der Waals surface area contributed by atoms with E-state index in [0.29, 0.717) is 23.9 Å². The first-order valence-corrected chi connectivity index (χ1v) is 31.2. The molecule has 0 rings (SSSR count). The second-order valence-corrected chi connectivity index (χ2v) is 22.4. The van der Waals surface area contributed by atoms with Crippen LogP contribution in [-0.2, 0) is 18.4 Å². The lowest BCUT2D eigenvalue weighted by molar-refractivity contribution is -0.870. The Hall–Kier alpha value is -2.84. The van der Waals surface area contributed by atoms with Gasteiger partial charge in [-0.2, -0.15) is 0 Å². The number of carbonyl (C=O) groups excluding carboxylic acids is 1. The van der Waals surface area contributed by atoms with Crippen LogP contribution < -0.4 is 10.2 Å². The van der Waals surface area contributed by atoms with Crippen LogP contribution in [0.15, 0.2) is 109 Å². The van der Waals surface area contributed by atoms with Gasteiger partial charge in [-0.1, -0.05) is 258 Å². The standard InChI is InChI=1S/C64H113N2O6P/c1-6-8-10-12-14-16-18-20-22-24-26-27-28-29-30-31-32-33-34-35-36-37-38-39-40-42-44-46-48-50-52-54-56-58-64(68)65-62(61-72-73(69,70)71-60-59-66(3,4)5)63(67)57-55-53-51-49-47-45-43-41-25-23-21-19-17-15-13-11-9-7-2/h8,10,14,16,20,22,26-27,29-30,32-33,35-36,38-39,42,44,62-63,67H,6-7,9,11-13,15,17-19,21,23-25,28,31,34,37,40-41,43,45-61H2,1-5H3,(H-,65,68,69,70)/b10-8-,16-14-,22-20-,27-26-,30-29-,33-32-,36-35-,39-38-,44-42-. The fourth-order valence-corrected chi connectivity index (χ4v) is 8.87. The normalized spacial score (nSPS) is 14.7. The first-order valence-electron chi connectivity index (χ1n) is 29.7. The summed E-state index contributed by atoms with van der Waals surface area (Å²) < 4.78 is 23.4. The van der Waals surface area contributed by atoms with Crippen molar-refractivity contribution in [1.29, 1.82) is 0 Å². The van der Waals surface area contributed by atoms with Gasteiger partial charge < -0.3 is 28.8 Å². The highest BCUT2D eigenvalue weighted by Gasteiger charge is 2.24. The summed E-state index contributed by atoms with van der Waals surface area (Å²) in [7, 11) is 1.28. The molecule has 0 radical (unpaired) electrons. The molecule has 0 heterocycles. The molecule has 1 amide bonds. The van der Waals surface area contributed by atoms with E-state index in [1.165, 1.54) is 96.3 Å². The van der Waals surface area contributed by atoms with Gasteiger partial charge in [-0.05, 0) is 83.5 Å². The average Bonchev–Trinajstić information content (AvgIpc) is 3.35. The van der Waals surface area contributed by atoms with Crippen molar-refractivity contribution in [3.05, 3.63) is 109 Å². The number of amides is 1. The van der Waals surface area contributed by atoms with Crippen LogP contribution in [0, 0.1) is 0 Å². The Morgan fingerprint density at radius 1 is 0.493 bits per heavy atom. The van der Waals surface area contributed by atoms with E-state index in [1.54, 1.807) is 0 Å². The Labute approximate surface area is 451 Å². The van der Waals surface area contributed by atoms with Crippen molar-refractivity contribution in [3.63, 3.8) is 0 Å². The number of nitrogens with one attached hydrogen (secondary N) is 1. The number of hydrogen-bond acceptors (Lipinski definition) is 6. The van der Waals surface area contributed by atoms with Crippen LogP contribution >= 0.6 is 7.82 Å². The minimum Gasteiger partial charge on any atom is -0.756 e. The van der Waals surface area contributed by atoms with E-state index in [2.05, 4.69) is 129 Å². The molecule has 0 bridgehead atoms. The molecule has 0 aromatic rings. The number of carbonyl (C=O) groups is 1. The van der Waals surface area contributed by atoms with E-state index in [-0.39, 0.29) is 19.1 Å². The number of aliphatic hydroxyl groups is 1. The average molecular weight is 1040 g/mol. The molecule has 0 aliphatic heterocycles. The number of hydrogen-bond donors (Lipinski definition) is 2. The molecule has 0 fully saturated rings. The molecule has 420 valence electrons. The van der Waals surface area contributed by atoms with Crippen LogP contribution in [0.3, 0.4) is 0 Å². The summed E-state index contributed by atoms with van der Waals surface area (Å²) in [6, 6.07) is -0.820. The zero-order valence-electron chi connectivity index (χ0n) is 47.8. The molecule has 0 aliphatic carbocycles. The van der Waals surface area contributed by atoms with E-state index in [9.17, 15) is 19.4 Å². The fourth-order valence-electron chi connectivity index (χ4n) is 8.15. The molecule has 2 N–H and O–H groups in total. The van der Waals surface area contributed by atoms with Gasteiger partial charge in [0.1, 0.15) is 13.2 Å². The van der Waals surface area contributed by atoms with Gasteiger partial charge in [0.25, 0.3) is 7.82 Å². The predicted octanol–water partition coefficient (Wildman–Crippen LogP) is 17.7. The number of rotatable bonds is 53. The molecular formula is C64H113N2O6P. The number of phosphoric acid groups is 1. The molecule has 0 aromatic heterocycles. The molecule has 0 aromatic carbocycles. The molecular weight excluding hydrogens is 924 g/mol. The largest absolute Gasteiger partial charge is 0.756 e. The summed E-state index contributed by atoms with van der Waals surface area (Å²) in [6.45, 7) is 4.59. The molecule has 9 heteroatoms. The molecule has 0 saturated heterocycles. The highest BCUT2D eigenvalue weighted by atomic mass is 31.2. The van der Waals surface area contributed by atoms with Crippen LogP contribution in [0.1, 0.15) is 239 Å². The van der Waals surface area contributed by atoms with E-state index < -0.39 is 20.0 Å². The molecule has 0 spiro atoms. The van der Waals surface area contributed by atoms with Gasteiger partial charge in [0.2, 0.25) is 5.91 Å². The van der Waals surface area contributed by atoms with Crippen molar-refractivity contribution in [2.24, 2.45) is 0 Å². The highest BCUT2D eigenvalue weighted by Crippen LogP contribution is 2.38. The maximum atomic E-state index is 13.0. The van der Waals surface area contributed by atoms with Gasteiger partial charge in [-0.15, -0.1) is 0 Å². The highest BCUT2D eigenvalue weighted by molar-refractivity contribution is 7.45. The van der Waals surface area contributed by atoms with Crippen molar-refractivity contribution in [2.45, 2.75) is 251 Å². The SMILES string of the molecule is CC/C=C\C/C=C\C/C=C\C/C=C\C/C=C\C/C=C\C/C=C\C/C=C\C/C=C\CCCCCCCC(=O)NC(COP(=O)([O-])OCC[N+](C)(C)C)C(O)CCCCCCCCCCCCCCCCCCCC. The van der Waals surface area contributed by atoms with Gasteiger partial charge in [0.15, 0.2) is 0 Å². The second kappa shape index (κ2) is 54.0. The molecule has 0 aliphatic rings. The number of unbranched alkanes of at least 4 members (excludes halogenated alkanes) is 22. The number of phosphoric ester groups is 1. The number of nitrogens with zero attached hydrogens (tertiary/aromatic N) is 1. The minimum atomic E-state index is -4.59. The Morgan fingerprint density at radius 3 is 1.22 bits per heavy atom. The Bertz CT molecular complexity index is 1550. The molecule has 8 nitrogen and oxygen atoms in total. The van der Waals surface area contributed by atoms with E-state index in [4.69, 9.17) is 9.05 Å². The summed E-state index contributed by atoms with van der Waals surface area (Å²) >= 11 is 0. The lowest BCUT2D eigenvalue weighted by Crippen LogP contribution is -2.46. The lowest BCUT2D eigenvalue weighted by atomic mass is 10.0. The van der Waals surface area contributed by atoms with Gasteiger partial charge >= 0.3 is 0 Å². The van der Waals surface area contributed by atoms with Crippen LogP contribution in [-0.4, -0.2) is 68.5 Å². The predicted molar refractivity (Wildman–Crippen MR) is 316 cm³/mol. The van der Waals surface area contributed by atoms with Gasteiger partial charge in [-0.3, -0.25) is 9.36 Å². The Balaban J connectivity index is 4.23. The maximum absolute atomic E-state index is 13.0. The molecule has 73 heavy (non-hydrogen) atoms. The molecule has 3 unspecified atom stereocenters. The maximum Gasteiger partial charge on any atom is 0.268 e. The van der Waals surface area contributed by atoms with E-state index >= 15 is 0 Å². The zero-order valence-corrected chi connectivity index (χ0v) is 48.7. The number of allylic oxidation sites excluding steroid dienone is 18. The van der Waals surface area contributed by atoms with Crippen LogP contribution in [0.4, 0.5) is 0 Å². The van der Waals surface area contributed by atoms with E-state index in [0.717, 1.165) is 116 Å². The second-order valence-electron chi connectivity index (χ2n) is 21.0. The third-order valence-corrected chi connectivity index (χ3v) is 13.7. The smallest absolute Gasteiger partial charge is 0.268 e. The lowest BCUT2D eigenvalue weighted by Gasteiger charge is -2.30. The summed E-state index contributed by atoms with van der Waals surface area (Å²) in [5.41, 5.74) is 0. The summed E-state index contributed by atoms with van der Waals surface area (Å²) in [5.74, 6) is -0.187. The van der Waals surface area contributed by atoms with Crippen LogP contribution in [0.25, 0.3) is 0 Å². The van der Waals surface area contributed by atoms with E-state index in [1.807, 2.05) is 21.1 Å². The van der Waals surface area contributed by atoms with Crippen molar-refractivity contribution in [3.8, 4) is 0 Å². The van der Waals surface area contributed by atoms with Crippen LogP contribution in [0.2, 0.25) is 0 Å². The molecule has 0 saturated carbocycles. The number of quaternary nitrogens is 1.